The van der Waals surface area contributed by atoms with Crippen molar-refractivity contribution < 1.29 is 0 Å². The summed E-state index contributed by atoms with van der Waals surface area (Å²) in [5, 5.41) is 4.31. The Kier molecular flexibility index (Phi) is 3.74. The van der Waals surface area contributed by atoms with Crippen molar-refractivity contribution in [1.29, 1.82) is 0 Å². The molecule has 0 aliphatic heterocycles. The van der Waals surface area contributed by atoms with Crippen LogP contribution in [0.15, 0.2) is 18.2 Å². The number of benzene rings is 1. The molecular weight excluding hydrogens is 322 g/mol. The van der Waals surface area contributed by atoms with Crippen molar-refractivity contribution in [3.05, 3.63) is 26.8 Å². The van der Waals surface area contributed by atoms with E-state index in [0.717, 1.165) is 17.9 Å². The maximum atomic E-state index is 5.90. The van der Waals surface area contributed by atoms with E-state index in [1.54, 1.807) is 0 Å². The third-order valence-electron chi connectivity index (χ3n) is 2.76. The first-order valence-electron chi connectivity index (χ1n) is 5.12. The molecule has 1 saturated carbocycles. The molecule has 3 N–H and O–H groups in total. The van der Waals surface area contributed by atoms with E-state index in [9.17, 15) is 0 Å². The highest BCUT2D eigenvalue weighted by Gasteiger charge is 2.21. The molecule has 2 unspecified atom stereocenters. The minimum absolute atomic E-state index is 0.368. The lowest BCUT2D eigenvalue weighted by molar-refractivity contribution is 0.687. The first-order valence-corrected chi connectivity index (χ1v) is 6.58. The fraction of sp³-hybridized carbons (Fsp3) is 0.455. The van der Waals surface area contributed by atoms with Crippen LogP contribution in [0.25, 0.3) is 0 Å². The maximum absolute atomic E-state index is 5.90. The van der Waals surface area contributed by atoms with Crippen molar-refractivity contribution in [1.82, 2.24) is 0 Å². The molecule has 1 aliphatic carbocycles. The van der Waals surface area contributed by atoms with Gasteiger partial charge in [-0.1, -0.05) is 11.6 Å². The van der Waals surface area contributed by atoms with E-state index >= 15 is 0 Å². The lowest BCUT2D eigenvalue weighted by Crippen LogP contribution is -2.21. The van der Waals surface area contributed by atoms with Crippen molar-refractivity contribution >= 4 is 39.9 Å². The monoisotopic (exact) mass is 336 g/mol. The molecule has 15 heavy (non-hydrogen) atoms. The number of rotatable bonds is 2. The molecule has 0 saturated heterocycles. The molecule has 0 radical (unpaired) electrons. The second-order valence-electron chi connectivity index (χ2n) is 4.04. The molecule has 0 spiro atoms. The van der Waals surface area contributed by atoms with Crippen molar-refractivity contribution in [2.75, 3.05) is 5.32 Å². The summed E-state index contributed by atoms with van der Waals surface area (Å²) < 4.78 is 1.17. The zero-order valence-corrected chi connectivity index (χ0v) is 11.3. The molecule has 1 aliphatic rings. The Labute approximate surface area is 109 Å². The predicted octanol–water partition coefficient (Wildman–Crippen LogP) is 3.24. The van der Waals surface area contributed by atoms with Crippen LogP contribution in [0.1, 0.15) is 19.3 Å². The lowest BCUT2D eigenvalue weighted by Gasteiger charge is -2.15. The summed E-state index contributed by atoms with van der Waals surface area (Å²) >= 11 is 8.20. The Hall–Kier alpha value is -0.000000000000000111. The number of nitrogens with one attached hydrogen (secondary N) is 1. The summed E-state index contributed by atoms with van der Waals surface area (Å²) in [5.41, 5.74) is 7.04. The van der Waals surface area contributed by atoms with Gasteiger partial charge in [-0.2, -0.15) is 0 Å². The van der Waals surface area contributed by atoms with E-state index in [2.05, 4.69) is 27.9 Å². The first-order chi connectivity index (χ1) is 7.15. The molecule has 0 heterocycles. The van der Waals surface area contributed by atoms with Crippen LogP contribution >= 0.6 is 34.2 Å². The van der Waals surface area contributed by atoms with Gasteiger partial charge in [0.05, 0.1) is 0 Å². The summed E-state index contributed by atoms with van der Waals surface area (Å²) in [7, 11) is 0. The normalized spacial score (nSPS) is 25.5. The Bertz CT molecular complexity index is 356. The SMILES string of the molecule is NC1CCC(Nc2ccc(Cl)cc2I)C1. The van der Waals surface area contributed by atoms with Gasteiger partial charge in [0, 0.05) is 26.4 Å². The first kappa shape index (κ1) is 11.5. The summed E-state index contributed by atoms with van der Waals surface area (Å²) in [6.07, 6.45) is 3.36. The van der Waals surface area contributed by atoms with Gasteiger partial charge in [0.15, 0.2) is 0 Å². The highest BCUT2D eigenvalue weighted by atomic mass is 127. The molecule has 1 fully saturated rings. The highest BCUT2D eigenvalue weighted by molar-refractivity contribution is 14.1. The number of hydrogen-bond donors (Lipinski definition) is 2. The van der Waals surface area contributed by atoms with E-state index in [1.165, 1.54) is 15.7 Å². The largest absolute Gasteiger partial charge is 0.381 e. The molecule has 82 valence electrons. The van der Waals surface area contributed by atoms with E-state index in [0.29, 0.717) is 12.1 Å². The van der Waals surface area contributed by atoms with Gasteiger partial charge < -0.3 is 11.1 Å². The number of hydrogen-bond acceptors (Lipinski definition) is 2. The summed E-state index contributed by atoms with van der Waals surface area (Å²) in [6, 6.07) is 6.82. The zero-order valence-electron chi connectivity index (χ0n) is 8.34. The Morgan fingerprint density at radius 1 is 1.40 bits per heavy atom. The third-order valence-corrected chi connectivity index (χ3v) is 3.89. The molecule has 1 aromatic rings. The van der Waals surface area contributed by atoms with Gasteiger partial charge in [-0.05, 0) is 60.1 Å². The average Bonchev–Trinajstić information content (AvgIpc) is 2.56. The van der Waals surface area contributed by atoms with E-state index < -0.39 is 0 Å². The fourth-order valence-corrected chi connectivity index (χ4v) is 3.00. The maximum Gasteiger partial charge on any atom is 0.0479 e. The minimum Gasteiger partial charge on any atom is -0.381 e. The molecule has 4 heteroatoms. The number of nitrogens with two attached hydrogens (primary N) is 1. The fourth-order valence-electron chi connectivity index (χ4n) is 1.97. The van der Waals surface area contributed by atoms with Crippen LogP contribution in [-0.4, -0.2) is 12.1 Å². The van der Waals surface area contributed by atoms with Gasteiger partial charge in [-0.15, -0.1) is 0 Å². The standard InChI is InChI=1S/C11H14ClIN2/c12-7-1-4-11(10(13)5-7)15-9-3-2-8(14)6-9/h1,4-5,8-9,15H,2-3,6,14H2. The third kappa shape index (κ3) is 2.98. The molecule has 2 nitrogen and oxygen atoms in total. The predicted molar refractivity (Wildman–Crippen MR) is 73.4 cm³/mol. The van der Waals surface area contributed by atoms with Crippen LogP contribution in [0.5, 0.6) is 0 Å². The molecule has 2 rings (SSSR count). The van der Waals surface area contributed by atoms with Gasteiger partial charge in [0.25, 0.3) is 0 Å². The number of halogens is 2. The van der Waals surface area contributed by atoms with Crippen LogP contribution in [0, 0.1) is 3.57 Å². The van der Waals surface area contributed by atoms with Crippen LogP contribution in [0.3, 0.4) is 0 Å². The average molecular weight is 337 g/mol. The molecule has 0 aromatic heterocycles. The Balaban J connectivity index is 2.04. The van der Waals surface area contributed by atoms with E-state index in [1.807, 2.05) is 18.2 Å². The van der Waals surface area contributed by atoms with Crippen LogP contribution < -0.4 is 11.1 Å². The topological polar surface area (TPSA) is 38.0 Å². The molecular formula is C11H14ClIN2. The zero-order chi connectivity index (χ0) is 10.8. The van der Waals surface area contributed by atoms with Crippen molar-refractivity contribution in [2.24, 2.45) is 5.73 Å². The Morgan fingerprint density at radius 3 is 2.80 bits per heavy atom. The van der Waals surface area contributed by atoms with Crippen LogP contribution in [-0.2, 0) is 0 Å². The Morgan fingerprint density at radius 2 is 2.20 bits per heavy atom. The molecule has 1 aromatic carbocycles. The summed E-state index contributed by atoms with van der Waals surface area (Å²) in [6.45, 7) is 0. The van der Waals surface area contributed by atoms with E-state index in [4.69, 9.17) is 17.3 Å². The van der Waals surface area contributed by atoms with Crippen molar-refractivity contribution in [3.8, 4) is 0 Å². The van der Waals surface area contributed by atoms with Crippen LogP contribution in [0.2, 0.25) is 5.02 Å². The number of anilines is 1. The quantitative estimate of drug-likeness (QED) is 0.814. The lowest BCUT2D eigenvalue weighted by atomic mass is 10.2. The van der Waals surface area contributed by atoms with Gasteiger partial charge in [0.2, 0.25) is 0 Å². The van der Waals surface area contributed by atoms with Crippen molar-refractivity contribution in [3.63, 3.8) is 0 Å². The summed E-state index contributed by atoms with van der Waals surface area (Å²) in [5.74, 6) is 0. The summed E-state index contributed by atoms with van der Waals surface area (Å²) in [4.78, 5) is 0. The van der Waals surface area contributed by atoms with Crippen molar-refractivity contribution in [2.45, 2.75) is 31.3 Å². The second-order valence-corrected chi connectivity index (χ2v) is 5.64. The van der Waals surface area contributed by atoms with Gasteiger partial charge in [-0.3, -0.25) is 0 Å². The minimum atomic E-state index is 0.368. The molecule has 2 atom stereocenters. The van der Waals surface area contributed by atoms with Crippen LogP contribution in [0.4, 0.5) is 5.69 Å². The highest BCUT2D eigenvalue weighted by Crippen LogP contribution is 2.26. The molecule has 0 bridgehead atoms. The van der Waals surface area contributed by atoms with Gasteiger partial charge in [-0.25, -0.2) is 0 Å². The molecule has 0 amide bonds. The smallest absolute Gasteiger partial charge is 0.0479 e. The van der Waals surface area contributed by atoms with Gasteiger partial charge >= 0.3 is 0 Å². The van der Waals surface area contributed by atoms with Gasteiger partial charge in [0.1, 0.15) is 0 Å². The second kappa shape index (κ2) is 4.89. The van der Waals surface area contributed by atoms with E-state index in [-0.39, 0.29) is 0 Å².